The molecule has 10 amide bonds. The summed E-state index contributed by atoms with van der Waals surface area (Å²) >= 11 is 0. The minimum atomic E-state index is -1.49. The SMILES string of the molecule is CCOCCOCCOCCOCCOCCC(=O)NC(COCCC(=O)NCCCNC(=O)CCCCOC1O[C@H](CO)[C@H](O)[C@H](O)[C@H]1NC(C)=O)(COCCC(=O)NCCCNC(=O)CCCCO[C@@H]1O[C@H](CO)[C@H](O)[C@H](O)[C@H]1NC(C)=O)COCCC(=O)NCCCNC(=O)CCCCO[C@@H]1O[C@H](CO)[C@H](O)[C@H](O)[C@H]1NC(C)=O. The number of amides is 10. The Kier molecular flexibility index (Phi) is 57.2. The lowest BCUT2D eigenvalue weighted by atomic mass is 9.97. The van der Waals surface area contributed by atoms with Crippen molar-refractivity contribution in [2.45, 2.75) is 228 Å². The number of hydrogen-bond acceptors (Lipinski definition) is 33. The molecule has 15 atom stereocenters. The van der Waals surface area contributed by atoms with Gasteiger partial charge in [0.2, 0.25) is 59.1 Å². The Morgan fingerprint density at radius 3 is 0.812 bits per heavy atom. The lowest BCUT2D eigenvalue weighted by Gasteiger charge is -2.42. The van der Waals surface area contributed by atoms with Gasteiger partial charge in [-0.05, 0) is 64.7 Å². The van der Waals surface area contributed by atoms with Gasteiger partial charge in [0, 0.05) is 131 Å². The fraction of sp³-hybridized carbons (Fsp3) is 0.865. The van der Waals surface area contributed by atoms with Crippen LogP contribution >= 0.6 is 0 Å². The Labute approximate surface area is 682 Å². The van der Waals surface area contributed by atoms with E-state index in [1.165, 1.54) is 20.8 Å². The second kappa shape index (κ2) is 63.7. The normalized spacial score (nSPS) is 23.2. The molecule has 43 nitrogen and oxygen atoms in total. The molecule has 3 aliphatic rings. The highest BCUT2D eigenvalue weighted by Crippen LogP contribution is 2.26. The van der Waals surface area contributed by atoms with Gasteiger partial charge in [0.05, 0.1) is 119 Å². The number of carbonyl (C=O) groups is 10. The van der Waals surface area contributed by atoms with Gasteiger partial charge < -0.3 is 165 Å². The summed E-state index contributed by atoms with van der Waals surface area (Å²) in [5, 5.41) is 118. The molecular weight excluding hydrogens is 1560 g/mol. The van der Waals surface area contributed by atoms with Crippen LogP contribution in [0.1, 0.15) is 130 Å². The van der Waals surface area contributed by atoms with Crippen molar-refractivity contribution in [3.8, 4) is 0 Å². The number of carbonyl (C=O) groups excluding carboxylic acids is 10. The van der Waals surface area contributed by atoms with E-state index >= 15 is 0 Å². The Morgan fingerprint density at radius 2 is 0.547 bits per heavy atom. The summed E-state index contributed by atoms with van der Waals surface area (Å²) < 4.78 is 79.5. The average Bonchev–Trinajstić information content (AvgIpc) is 0.820. The van der Waals surface area contributed by atoms with Crippen molar-refractivity contribution in [3.05, 3.63) is 0 Å². The predicted octanol–water partition coefficient (Wildman–Crippen LogP) is -7.19. The Hall–Kier alpha value is -6.22. The maximum absolute atomic E-state index is 13.9. The van der Waals surface area contributed by atoms with Crippen LogP contribution in [0.15, 0.2) is 0 Å². The smallest absolute Gasteiger partial charge is 0.222 e. The highest BCUT2D eigenvalue weighted by Gasteiger charge is 2.48. The van der Waals surface area contributed by atoms with E-state index in [4.69, 9.17) is 66.3 Å². The quantitative estimate of drug-likeness (QED) is 0.0252. The molecule has 3 rings (SSSR count). The van der Waals surface area contributed by atoms with Crippen LogP contribution in [0.25, 0.3) is 0 Å². The summed E-state index contributed by atoms with van der Waals surface area (Å²) in [4.78, 5) is 126. The molecule has 0 saturated carbocycles. The fourth-order valence-electron chi connectivity index (χ4n) is 11.8. The summed E-state index contributed by atoms with van der Waals surface area (Å²) in [6.45, 7) is 7.21. The number of rotatable bonds is 68. The topological polar surface area (TPSA) is 602 Å². The first-order valence-corrected chi connectivity index (χ1v) is 40.3. The van der Waals surface area contributed by atoms with Crippen LogP contribution in [-0.4, -0.2) is 387 Å². The summed E-state index contributed by atoms with van der Waals surface area (Å²) in [5.41, 5.74) is -1.49. The largest absolute Gasteiger partial charge is 0.394 e. The monoisotopic (exact) mass is 1690 g/mol. The van der Waals surface area contributed by atoms with Crippen molar-refractivity contribution in [1.82, 2.24) is 53.2 Å². The van der Waals surface area contributed by atoms with E-state index < -0.39 is 159 Å². The van der Waals surface area contributed by atoms with E-state index in [0.717, 1.165) is 0 Å². The zero-order valence-corrected chi connectivity index (χ0v) is 68.1. The predicted molar refractivity (Wildman–Crippen MR) is 409 cm³/mol. The first-order chi connectivity index (χ1) is 56.3. The molecule has 0 radical (unpaired) electrons. The van der Waals surface area contributed by atoms with Crippen LogP contribution in [0.2, 0.25) is 0 Å². The molecule has 0 spiro atoms. The molecular formula is C74H134N10O33. The highest BCUT2D eigenvalue weighted by molar-refractivity contribution is 5.79. The molecule has 0 aromatic heterocycles. The van der Waals surface area contributed by atoms with Gasteiger partial charge in [-0.25, -0.2) is 0 Å². The third-order valence-corrected chi connectivity index (χ3v) is 18.1. The second-order valence-electron chi connectivity index (χ2n) is 28.1. The fourth-order valence-corrected chi connectivity index (χ4v) is 11.8. The maximum atomic E-state index is 13.9. The van der Waals surface area contributed by atoms with Crippen LogP contribution < -0.4 is 53.2 Å². The van der Waals surface area contributed by atoms with Crippen LogP contribution in [-0.2, 0) is 114 Å². The molecule has 3 heterocycles. The van der Waals surface area contributed by atoms with Gasteiger partial charge in [0.15, 0.2) is 18.9 Å². The molecule has 43 heteroatoms. The Morgan fingerprint density at radius 1 is 0.299 bits per heavy atom. The van der Waals surface area contributed by atoms with Crippen LogP contribution in [0, 0.1) is 0 Å². The van der Waals surface area contributed by atoms with E-state index in [1.807, 2.05) is 6.92 Å². The van der Waals surface area contributed by atoms with Crippen molar-refractivity contribution in [2.75, 3.05) is 185 Å². The molecule has 3 saturated heterocycles. The lowest BCUT2D eigenvalue weighted by Crippen LogP contribution is -2.64. The number of nitrogens with one attached hydrogen (secondary N) is 10. The maximum Gasteiger partial charge on any atom is 0.222 e. The standard InChI is InChI=1S/C74H134N10O33/c1-5-104-35-36-106-39-40-108-42-41-107-38-37-105-31-21-61(97)84-74(46-109-32-18-58(94)78-25-12-22-75-55(91)15-6-9-28-112-71-62(81-49(2)88)68(101)65(98)52(43-85)115-71,47-110-33-19-59(95)79-26-13-23-76-56(92)16-7-10-29-113-72-63(82-50(3)89)69(102)66(99)53(44-86)116-72)48-111-34-20-60(96)80-27-14-24-77-57(93)17-8-11-30-114-73-64(83-51(4)90)70(103)67(100)54(45-87)117-73/h52-54,62-73,85-87,98-103H,5-48H2,1-4H3,(H,75,91)(H,76,92)(H,77,93)(H,78,94)(H,79,95)(H,80,96)(H,81,88)(H,82,89)(H,83,90)(H,84,97)/t52-,53-,54-,62-,63-,64-,65+,66+,67+,68-,69-,70-,71-,72-,73?/m1/s1. The number of unbranched alkanes of at least 4 members (excludes halogenated alkanes) is 3. The zero-order chi connectivity index (χ0) is 86.0. The molecule has 0 aromatic rings. The van der Waals surface area contributed by atoms with Gasteiger partial charge >= 0.3 is 0 Å². The molecule has 678 valence electrons. The average molecular weight is 1690 g/mol. The Balaban J connectivity index is 1.57. The van der Waals surface area contributed by atoms with Crippen LogP contribution in [0.5, 0.6) is 0 Å². The van der Waals surface area contributed by atoms with Crippen molar-refractivity contribution in [1.29, 1.82) is 0 Å². The van der Waals surface area contributed by atoms with Gasteiger partial charge in [0.25, 0.3) is 0 Å². The molecule has 0 aromatic carbocycles. The second-order valence-corrected chi connectivity index (χ2v) is 28.1. The van der Waals surface area contributed by atoms with E-state index in [1.54, 1.807) is 0 Å². The molecule has 3 aliphatic heterocycles. The lowest BCUT2D eigenvalue weighted by molar-refractivity contribution is -0.270. The number of ether oxygens (including phenoxy) is 14. The Bertz CT molecular complexity index is 2540. The third kappa shape index (κ3) is 46.4. The van der Waals surface area contributed by atoms with Crippen molar-refractivity contribution in [3.63, 3.8) is 0 Å². The van der Waals surface area contributed by atoms with E-state index in [-0.39, 0.29) is 181 Å². The molecule has 3 fully saturated rings. The van der Waals surface area contributed by atoms with E-state index in [9.17, 15) is 93.9 Å². The van der Waals surface area contributed by atoms with Crippen molar-refractivity contribution < 1.29 is 160 Å². The van der Waals surface area contributed by atoms with Crippen molar-refractivity contribution >= 4 is 59.1 Å². The van der Waals surface area contributed by atoms with Gasteiger partial charge in [-0.3, -0.25) is 47.9 Å². The number of aliphatic hydroxyl groups is 9. The molecule has 0 aliphatic carbocycles. The van der Waals surface area contributed by atoms with Gasteiger partial charge in [-0.2, -0.15) is 0 Å². The highest BCUT2D eigenvalue weighted by atomic mass is 16.7. The summed E-state index contributed by atoms with van der Waals surface area (Å²) in [6.07, 6.45) is -12.4. The first kappa shape index (κ1) is 105. The summed E-state index contributed by atoms with van der Waals surface area (Å²) in [6, 6.07) is -3.30. The minimum absolute atomic E-state index is 0.0303. The molecule has 19 N–H and O–H groups in total. The first-order valence-electron chi connectivity index (χ1n) is 40.3. The zero-order valence-electron chi connectivity index (χ0n) is 68.1. The van der Waals surface area contributed by atoms with Gasteiger partial charge in [-0.1, -0.05) is 0 Å². The van der Waals surface area contributed by atoms with Gasteiger partial charge in [0.1, 0.15) is 78.6 Å². The molecule has 0 bridgehead atoms. The molecule has 117 heavy (non-hydrogen) atoms. The minimum Gasteiger partial charge on any atom is -0.394 e. The summed E-state index contributed by atoms with van der Waals surface area (Å²) in [5.74, 6) is -3.96. The van der Waals surface area contributed by atoms with Crippen LogP contribution in [0.3, 0.4) is 0 Å². The van der Waals surface area contributed by atoms with E-state index in [0.29, 0.717) is 104 Å². The van der Waals surface area contributed by atoms with Crippen LogP contribution in [0.4, 0.5) is 0 Å². The van der Waals surface area contributed by atoms with E-state index in [2.05, 4.69) is 53.2 Å². The molecule has 1 unspecified atom stereocenters. The number of aliphatic hydroxyl groups excluding tert-OH is 9. The third-order valence-electron chi connectivity index (χ3n) is 18.1. The van der Waals surface area contributed by atoms with Gasteiger partial charge in [-0.15, -0.1) is 0 Å². The van der Waals surface area contributed by atoms with Crippen molar-refractivity contribution in [2.24, 2.45) is 0 Å². The number of hydrogen-bond donors (Lipinski definition) is 19. The summed E-state index contributed by atoms with van der Waals surface area (Å²) in [7, 11) is 0.